The Morgan fingerprint density at radius 2 is 2.06 bits per heavy atom. The van der Waals surface area contributed by atoms with E-state index in [0.717, 1.165) is 0 Å². The van der Waals surface area contributed by atoms with Gasteiger partial charge >= 0.3 is 0 Å². The van der Waals surface area contributed by atoms with Crippen LogP contribution in [0.1, 0.15) is 6.42 Å². The molecular weight excluding hydrogens is 256 g/mol. The summed E-state index contributed by atoms with van der Waals surface area (Å²) in [5, 5.41) is 0. The molecule has 0 saturated heterocycles. The second-order valence-electron chi connectivity index (χ2n) is 3.82. The molecule has 0 amide bonds. The molecule has 7 heteroatoms. The summed E-state index contributed by atoms with van der Waals surface area (Å²) < 4.78 is 37.4. The molecule has 6 nitrogen and oxygen atoms in total. The summed E-state index contributed by atoms with van der Waals surface area (Å²) in [7, 11) is -3.58. The number of fused-ring (bicyclic) bond motifs is 1. The molecule has 0 saturated carbocycles. The highest BCUT2D eigenvalue weighted by Crippen LogP contribution is 2.36. The van der Waals surface area contributed by atoms with Crippen molar-refractivity contribution < 1.29 is 17.9 Å². The molecule has 0 bridgehead atoms. The van der Waals surface area contributed by atoms with Crippen LogP contribution in [0.3, 0.4) is 0 Å². The Morgan fingerprint density at radius 3 is 2.83 bits per heavy atom. The molecule has 0 fully saturated rings. The topological polar surface area (TPSA) is 90.7 Å². The number of nitrogens with two attached hydrogens (primary N) is 1. The van der Waals surface area contributed by atoms with E-state index in [1.165, 1.54) is 6.07 Å². The summed E-state index contributed by atoms with van der Waals surface area (Å²) in [6.45, 7) is 1.53. The Hall–Kier alpha value is -1.31. The molecule has 0 aromatic heterocycles. The van der Waals surface area contributed by atoms with Crippen molar-refractivity contribution in [2.45, 2.75) is 11.3 Å². The number of hydrogen-bond acceptors (Lipinski definition) is 5. The van der Waals surface area contributed by atoms with E-state index in [-0.39, 0.29) is 10.6 Å². The van der Waals surface area contributed by atoms with Crippen molar-refractivity contribution in [3.05, 3.63) is 18.2 Å². The van der Waals surface area contributed by atoms with E-state index in [0.29, 0.717) is 38.5 Å². The molecule has 100 valence electrons. The van der Waals surface area contributed by atoms with Gasteiger partial charge < -0.3 is 15.2 Å². The Kier molecular flexibility index (Phi) is 4.05. The van der Waals surface area contributed by atoms with Crippen LogP contribution in [0.2, 0.25) is 0 Å². The fourth-order valence-electron chi connectivity index (χ4n) is 1.64. The third-order valence-corrected chi connectivity index (χ3v) is 3.98. The van der Waals surface area contributed by atoms with Crippen LogP contribution in [0.25, 0.3) is 0 Å². The summed E-state index contributed by atoms with van der Waals surface area (Å²) in [6, 6.07) is 4.82. The molecule has 1 aromatic carbocycles. The molecule has 18 heavy (non-hydrogen) atoms. The standard InChI is InChI=1S/C11H16N2O4S/c12-5-2-6-13-18(14,15)10-4-1-3-9-11(10)17-8-7-16-9/h1,3-4,13H,2,5-8,12H2. The van der Waals surface area contributed by atoms with E-state index < -0.39 is 10.0 Å². The monoisotopic (exact) mass is 272 g/mol. The van der Waals surface area contributed by atoms with Crippen LogP contribution in [0.5, 0.6) is 11.5 Å². The maximum atomic E-state index is 12.1. The largest absolute Gasteiger partial charge is 0.486 e. The number of hydrogen-bond donors (Lipinski definition) is 2. The first-order valence-electron chi connectivity index (χ1n) is 5.73. The summed E-state index contributed by atoms with van der Waals surface area (Å²) in [6.07, 6.45) is 0.589. The van der Waals surface area contributed by atoms with Gasteiger partial charge in [-0.2, -0.15) is 0 Å². The van der Waals surface area contributed by atoms with Gasteiger partial charge in [-0.15, -0.1) is 0 Å². The van der Waals surface area contributed by atoms with E-state index in [1.807, 2.05) is 0 Å². The normalized spacial score (nSPS) is 14.5. The number of benzene rings is 1. The SMILES string of the molecule is NCCCNS(=O)(=O)c1cccc2c1OCCO2. The van der Waals surface area contributed by atoms with Gasteiger partial charge in [0.2, 0.25) is 10.0 Å². The fraction of sp³-hybridized carbons (Fsp3) is 0.455. The first-order valence-corrected chi connectivity index (χ1v) is 7.22. The zero-order valence-corrected chi connectivity index (χ0v) is 10.7. The van der Waals surface area contributed by atoms with E-state index in [2.05, 4.69) is 4.72 Å². The Balaban J connectivity index is 2.27. The van der Waals surface area contributed by atoms with Gasteiger partial charge in [-0.25, -0.2) is 13.1 Å². The quantitative estimate of drug-likeness (QED) is 0.741. The predicted octanol–water partition coefficient (Wildman–Crippen LogP) is 0.0849. The van der Waals surface area contributed by atoms with Crippen LogP contribution in [0.4, 0.5) is 0 Å². The van der Waals surface area contributed by atoms with Crippen molar-refractivity contribution in [3.63, 3.8) is 0 Å². The highest BCUT2D eigenvalue weighted by Gasteiger charge is 2.24. The van der Waals surface area contributed by atoms with Crippen LogP contribution in [-0.4, -0.2) is 34.7 Å². The average Bonchev–Trinajstić information content (AvgIpc) is 2.38. The molecule has 1 aliphatic rings. The Morgan fingerprint density at radius 1 is 1.28 bits per heavy atom. The molecule has 0 atom stereocenters. The minimum Gasteiger partial charge on any atom is -0.486 e. The smallest absolute Gasteiger partial charge is 0.244 e. The number of rotatable bonds is 5. The highest BCUT2D eigenvalue weighted by molar-refractivity contribution is 7.89. The van der Waals surface area contributed by atoms with Gasteiger partial charge in [-0.3, -0.25) is 0 Å². The zero-order valence-electron chi connectivity index (χ0n) is 9.89. The van der Waals surface area contributed by atoms with Gasteiger partial charge in [0.1, 0.15) is 18.1 Å². The number of sulfonamides is 1. The number of nitrogens with one attached hydrogen (secondary N) is 1. The molecular formula is C11H16N2O4S. The van der Waals surface area contributed by atoms with Crippen LogP contribution in [0, 0.1) is 0 Å². The summed E-state index contributed by atoms with van der Waals surface area (Å²) in [5.74, 6) is 0.743. The van der Waals surface area contributed by atoms with Gasteiger partial charge in [0.15, 0.2) is 11.5 Å². The third-order valence-electron chi connectivity index (χ3n) is 2.49. The lowest BCUT2D eigenvalue weighted by Crippen LogP contribution is -2.27. The molecule has 0 aliphatic carbocycles. The lowest BCUT2D eigenvalue weighted by Gasteiger charge is -2.20. The van der Waals surface area contributed by atoms with E-state index in [1.54, 1.807) is 12.1 Å². The second-order valence-corrected chi connectivity index (χ2v) is 5.56. The highest BCUT2D eigenvalue weighted by atomic mass is 32.2. The number of ether oxygens (including phenoxy) is 2. The summed E-state index contributed by atoms with van der Waals surface area (Å²) in [5.41, 5.74) is 5.33. The lowest BCUT2D eigenvalue weighted by molar-refractivity contribution is 0.167. The molecule has 1 aromatic rings. The van der Waals surface area contributed by atoms with Gasteiger partial charge in [-0.05, 0) is 25.1 Å². The molecule has 0 spiro atoms. The van der Waals surface area contributed by atoms with Crippen LogP contribution >= 0.6 is 0 Å². The zero-order chi connectivity index (χ0) is 13.0. The van der Waals surface area contributed by atoms with Crippen molar-refractivity contribution in [2.24, 2.45) is 5.73 Å². The van der Waals surface area contributed by atoms with Gasteiger partial charge in [-0.1, -0.05) is 6.07 Å². The average molecular weight is 272 g/mol. The van der Waals surface area contributed by atoms with Crippen LogP contribution < -0.4 is 19.9 Å². The van der Waals surface area contributed by atoms with Crippen molar-refractivity contribution in [2.75, 3.05) is 26.3 Å². The molecule has 2 rings (SSSR count). The molecule has 0 unspecified atom stereocenters. The minimum atomic E-state index is -3.58. The Labute approximate surface area is 106 Å². The first kappa shape index (κ1) is 13.1. The third kappa shape index (κ3) is 2.74. The summed E-state index contributed by atoms with van der Waals surface area (Å²) >= 11 is 0. The molecule has 0 radical (unpaired) electrons. The van der Waals surface area contributed by atoms with E-state index in [9.17, 15) is 8.42 Å². The van der Waals surface area contributed by atoms with Crippen molar-refractivity contribution in [1.29, 1.82) is 0 Å². The number of para-hydroxylation sites is 1. The van der Waals surface area contributed by atoms with Crippen LogP contribution in [-0.2, 0) is 10.0 Å². The molecule has 3 N–H and O–H groups in total. The van der Waals surface area contributed by atoms with Gasteiger partial charge in [0, 0.05) is 6.54 Å². The molecule has 1 heterocycles. The van der Waals surface area contributed by atoms with Crippen molar-refractivity contribution in [1.82, 2.24) is 4.72 Å². The lowest BCUT2D eigenvalue weighted by atomic mass is 10.3. The van der Waals surface area contributed by atoms with E-state index >= 15 is 0 Å². The van der Waals surface area contributed by atoms with E-state index in [4.69, 9.17) is 15.2 Å². The van der Waals surface area contributed by atoms with Crippen molar-refractivity contribution in [3.8, 4) is 11.5 Å². The predicted molar refractivity (Wildman–Crippen MR) is 66.3 cm³/mol. The van der Waals surface area contributed by atoms with Crippen LogP contribution in [0.15, 0.2) is 23.1 Å². The molecule has 1 aliphatic heterocycles. The summed E-state index contributed by atoms with van der Waals surface area (Å²) in [4.78, 5) is 0.108. The van der Waals surface area contributed by atoms with Gasteiger partial charge in [0.25, 0.3) is 0 Å². The fourth-order valence-corrected chi connectivity index (χ4v) is 2.87. The maximum Gasteiger partial charge on any atom is 0.244 e. The first-order chi connectivity index (χ1) is 8.65. The Bertz CT molecular complexity index is 516. The second kappa shape index (κ2) is 5.55. The van der Waals surface area contributed by atoms with Gasteiger partial charge in [0.05, 0.1) is 0 Å². The maximum absolute atomic E-state index is 12.1. The van der Waals surface area contributed by atoms with Crippen molar-refractivity contribution >= 4 is 10.0 Å². The minimum absolute atomic E-state index is 0.108.